The predicted molar refractivity (Wildman–Crippen MR) is 71.6 cm³/mol. The van der Waals surface area contributed by atoms with E-state index in [0.29, 0.717) is 21.6 Å². The van der Waals surface area contributed by atoms with Gasteiger partial charge in [0.05, 0.1) is 15.1 Å². The van der Waals surface area contributed by atoms with Gasteiger partial charge in [-0.15, -0.1) is 0 Å². The minimum atomic E-state index is 0.133. The van der Waals surface area contributed by atoms with Crippen molar-refractivity contribution in [3.05, 3.63) is 32.8 Å². The van der Waals surface area contributed by atoms with Crippen molar-refractivity contribution in [3.63, 3.8) is 0 Å². The van der Waals surface area contributed by atoms with Gasteiger partial charge in [-0.05, 0) is 38.1 Å². The Morgan fingerprint density at radius 2 is 1.94 bits per heavy atom. The van der Waals surface area contributed by atoms with Crippen molar-refractivity contribution < 1.29 is 0 Å². The van der Waals surface area contributed by atoms with Crippen LogP contribution in [0.1, 0.15) is 24.9 Å². The molecule has 0 aliphatic carbocycles. The second kappa shape index (κ2) is 6.67. The molecule has 0 bridgehead atoms. The first kappa shape index (κ1) is 14.1. The Labute approximate surface area is 111 Å². The maximum absolute atomic E-state index is 6.13. The molecule has 0 aliphatic heterocycles. The van der Waals surface area contributed by atoms with E-state index in [-0.39, 0.29) is 6.04 Å². The molecule has 90 valence electrons. The van der Waals surface area contributed by atoms with Crippen molar-refractivity contribution in [2.24, 2.45) is 5.73 Å². The minimum Gasteiger partial charge on any atom is -0.330 e. The molecule has 0 fully saturated rings. The second-order valence-corrected chi connectivity index (χ2v) is 4.75. The van der Waals surface area contributed by atoms with Gasteiger partial charge in [0.2, 0.25) is 0 Å². The van der Waals surface area contributed by atoms with Crippen LogP contribution in [0.2, 0.25) is 15.1 Å². The van der Waals surface area contributed by atoms with Crippen LogP contribution in [0.15, 0.2) is 12.1 Å². The van der Waals surface area contributed by atoms with Crippen LogP contribution in [0, 0.1) is 0 Å². The summed E-state index contributed by atoms with van der Waals surface area (Å²) in [6.07, 6.45) is 0.934. The summed E-state index contributed by atoms with van der Waals surface area (Å²) < 4.78 is 0. The van der Waals surface area contributed by atoms with Gasteiger partial charge in [0.15, 0.2) is 0 Å². The van der Waals surface area contributed by atoms with Gasteiger partial charge in [0.1, 0.15) is 0 Å². The van der Waals surface area contributed by atoms with E-state index in [1.54, 1.807) is 6.07 Å². The molecule has 0 aliphatic rings. The number of nitrogens with two attached hydrogens (primary N) is 1. The third-order valence-corrected chi connectivity index (χ3v) is 3.67. The van der Waals surface area contributed by atoms with Gasteiger partial charge < -0.3 is 11.1 Å². The van der Waals surface area contributed by atoms with Crippen LogP contribution >= 0.6 is 34.8 Å². The summed E-state index contributed by atoms with van der Waals surface area (Å²) in [6, 6.07) is 3.77. The topological polar surface area (TPSA) is 38.0 Å². The molecule has 0 aromatic heterocycles. The van der Waals surface area contributed by atoms with Gasteiger partial charge in [0.25, 0.3) is 0 Å². The summed E-state index contributed by atoms with van der Waals surface area (Å²) in [6.45, 7) is 3.56. The van der Waals surface area contributed by atoms with Crippen LogP contribution in [-0.2, 0) is 0 Å². The number of nitrogens with one attached hydrogen (secondary N) is 1. The van der Waals surface area contributed by atoms with Crippen molar-refractivity contribution in [3.8, 4) is 0 Å². The fraction of sp³-hybridized carbons (Fsp3) is 0.455. The van der Waals surface area contributed by atoms with Gasteiger partial charge in [-0.1, -0.05) is 40.9 Å². The predicted octanol–water partition coefficient (Wildman–Crippen LogP) is 3.65. The monoisotopic (exact) mass is 280 g/mol. The second-order valence-electron chi connectivity index (χ2n) is 3.58. The minimum absolute atomic E-state index is 0.133. The molecule has 0 spiro atoms. The Morgan fingerprint density at radius 1 is 1.25 bits per heavy atom. The molecule has 3 N–H and O–H groups in total. The highest BCUT2D eigenvalue weighted by molar-refractivity contribution is 6.48. The first-order chi connectivity index (χ1) is 7.57. The number of hydrogen-bond acceptors (Lipinski definition) is 2. The average Bonchev–Trinajstić information content (AvgIpc) is 2.26. The lowest BCUT2D eigenvalue weighted by Crippen LogP contribution is -2.22. The molecule has 1 aromatic carbocycles. The van der Waals surface area contributed by atoms with E-state index in [0.717, 1.165) is 18.5 Å². The molecular weight excluding hydrogens is 266 g/mol. The molecule has 5 heteroatoms. The van der Waals surface area contributed by atoms with E-state index < -0.39 is 0 Å². The van der Waals surface area contributed by atoms with Gasteiger partial charge in [0, 0.05) is 6.04 Å². The van der Waals surface area contributed by atoms with Crippen LogP contribution in [0.5, 0.6) is 0 Å². The third-order valence-electron chi connectivity index (χ3n) is 2.36. The summed E-state index contributed by atoms with van der Waals surface area (Å²) in [5.41, 5.74) is 6.37. The summed E-state index contributed by atoms with van der Waals surface area (Å²) >= 11 is 18.0. The molecular formula is C11H15Cl3N2. The van der Waals surface area contributed by atoms with Gasteiger partial charge >= 0.3 is 0 Å². The van der Waals surface area contributed by atoms with Crippen LogP contribution < -0.4 is 11.1 Å². The number of benzene rings is 1. The van der Waals surface area contributed by atoms with E-state index in [1.165, 1.54) is 0 Å². The normalized spacial score (nSPS) is 12.8. The highest BCUT2D eigenvalue weighted by Crippen LogP contribution is 2.35. The van der Waals surface area contributed by atoms with Crippen LogP contribution in [0.3, 0.4) is 0 Å². The highest BCUT2D eigenvalue weighted by Gasteiger charge is 2.13. The molecule has 2 nitrogen and oxygen atoms in total. The van der Waals surface area contributed by atoms with Gasteiger partial charge in [-0.2, -0.15) is 0 Å². The fourth-order valence-corrected chi connectivity index (χ4v) is 2.11. The average molecular weight is 282 g/mol. The van der Waals surface area contributed by atoms with Crippen LogP contribution in [-0.4, -0.2) is 13.1 Å². The number of hydrogen-bond donors (Lipinski definition) is 2. The quantitative estimate of drug-likeness (QED) is 0.639. The molecule has 0 saturated carbocycles. The zero-order valence-electron chi connectivity index (χ0n) is 9.06. The van der Waals surface area contributed by atoms with E-state index in [4.69, 9.17) is 40.5 Å². The van der Waals surface area contributed by atoms with Gasteiger partial charge in [-0.3, -0.25) is 0 Å². The molecule has 1 rings (SSSR count). The Bertz CT molecular complexity index is 355. The maximum atomic E-state index is 6.13. The number of halogens is 3. The van der Waals surface area contributed by atoms with E-state index >= 15 is 0 Å². The molecule has 1 aromatic rings. The first-order valence-electron chi connectivity index (χ1n) is 5.14. The van der Waals surface area contributed by atoms with Crippen LogP contribution in [0.25, 0.3) is 0 Å². The van der Waals surface area contributed by atoms with Crippen molar-refractivity contribution in [2.45, 2.75) is 19.4 Å². The van der Waals surface area contributed by atoms with Gasteiger partial charge in [-0.25, -0.2) is 0 Å². The summed E-state index contributed by atoms with van der Waals surface area (Å²) in [5.74, 6) is 0. The standard InChI is InChI=1S/C11H15Cl3N2/c1-7(16-6-2-5-15)8-3-4-9(12)11(14)10(8)13/h3-4,7,16H,2,5-6,15H2,1H3. The largest absolute Gasteiger partial charge is 0.330 e. The SMILES string of the molecule is CC(NCCCN)c1ccc(Cl)c(Cl)c1Cl. The van der Waals surface area contributed by atoms with Crippen LogP contribution in [0.4, 0.5) is 0 Å². The zero-order valence-corrected chi connectivity index (χ0v) is 11.3. The molecule has 0 radical (unpaired) electrons. The summed E-state index contributed by atoms with van der Waals surface area (Å²) in [5, 5.41) is 4.72. The Hall–Kier alpha value is 0.01000. The lowest BCUT2D eigenvalue weighted by molar-refractivity contribution is 0.562. The van der Waals surface area contributed by atoms with Crippen molar-refractivity contribution in [1.29, 1.82) is 0 Å². The third kappa shape index (κ3) is 3.51. The summed E-state index contributed by atoms with van der Waals surface area (Å²) in [4.78, 5) is 0. The van der Waals surface area contributed by atoms with Crippen molar-refractivity contribution in [2.75, 3.05) is 13.1 Å². The lowest BCUT2D eigenvalue weighted by atomic mass is 10.1. The molecule has 0 amide bonds. The summed E-state index contributed by atoms with van der Waals surface area (Å²) in [7, 11) is 0. The first-order valence-corrected chi connectivity index (χ1v) is 6.28. The lowest BCUT2D eigenvalue weighted by Gasteiger charge is -2.16. The van der Waals surface area contributed by atoms with E-state index in [1.807, 2.05) is 13.0 Å². The van der Waals surface area contributed by atoms with Crippen molar-refractivity contribution in [1.82, 2.24) is 5.32 Å². The van der Waals surface area contributed by atoms with E-state index in [9.17, 15) is 0 Å². The Kier molecular flexibility index (Phi) is 5.87. The molecule has 1 atom stereocenters. The maximum Gasteiger partial charge on any atom is 0.0781 e. The zero-order chi connectivity index (χ0) is 12.1. The molecule has 1 unspecified atom stereocenters. The molecule has 0 heterocycles. The number of rotatable bonds is 5. The van der Waals surface area contributed by atoms with Crippen molar-refractivity contribution >= 4 is 34.8 Å². The molecule has 16 heavy (non-hydrogen) atoms. The fourth-order valence-electron chi connectivity index (χ4n) is 1.41. The molecule has 0 saturated heterocycles. The smallest absolute Gasteiger partial charge is 0.0781 e. The van der Waals surface area contributed by atoms with E-state index in [2.05, 4.69) is 5.32 Å². The Morgan fingerprint density at radius 3 is 2.56 bits per heavy atom. The highest BCUT2D eigenvalue weighted by atomic mass is 35.5. The Balaban J connectivity index is 2.76.